The van der Waals surface area contributed by atoms with Crippen LogP contribution < -0.4 is 14.8 Å². The van der Waals surface area contributed by atoms with Gasteiger partial charge in [-0.25, -0.2) is 9.59 Å². The summed E-state index contributed by atoms with van der Waals surface area (Å²) in [6, 6.07) is 3.10. The Balaban J connectivity index is 1.91. The summed E-state index contributed by atoms with van der Waals surface area (Å²) in [5.74, 6) is 0.561. The van der Waals surface area contributed by atoms with Crippen LogP contribution in [0, 0.1) is 13.8 Å². The van der Waals surface area contributed by atoms with E-state index in [2.05, 4.69) is 10.3 Å². The van der Waals surface area contributed by atoms with Crippen molar-refractivity contribution in [3.05, 3.63) is 39.7 Å². The summed E-state index contributed by atoms with van der Waals surface area (Å²) in [5.41, 5.74) is 3.35. The number of H-pyrrole nitrogens is 1. The highest BCUT2D eigenvalue weighted by Gasteiger charge is 2.29. The Morgan fingerprint density at radius 2 is 1.79 bits per heavy atom. The molecule has 1 saturated carbocycles. The van der Waals surface area contributed by atoms with Crippen LogP contribution in [0.25, 0.3) is 0 Å². The molecule has 0 unspecified atom stereocenters. The molecule has 2 N–H and O–H groups in total. The van der Waals surface area contributed by atoms with Crippen molar-refractivity contribution in [2.24, 2.45) is 0 Å². The number of anilines is 1. The molecule has 1 aliphatic carbocycles. The van der Waals surface area contributed by atoms with Gasteiger partial charge >= 0.3 is 12.0 Å². The number of ether oxygens (including phenoxy) is 3. The fourth-order valence-corrected chi connectivity index (χ4v) is 4.80. The van der Waals surface area contributed by atoms with Gasteiger partial charge in [0.05, 0.1) is 43.6 Å². The molecule has 8 nitrogen and oxygen atoms in total. The number of amides is 2. The fourth-order valence-electron chi connectivity index (χ4n) is 4.56. The van der Waals surface area contributed by atoms with Crippen molar-refractivity contribution in [2.75, 3.05) is 26.1 Å². The Morgan fingerprint density at radius 3 is 2.41 bits per heavy atom. The third-order valence-electron chi connectivity index (χ3n) is 6.34. The standard InChI is InChI=1S/C25H34ClN3O5/c1-6-34-24(30)23-15(2)20(27-16(23)3)14-29(17-10-8-7-9-11-17)25(31)28-19-12-18(26)21(32-4)13-22(19)33-5/h12-13,17,27H,6-11,14H2,1-5H3,(H,28,31). The molecular weight excluding hydrogens is 458 g/mol. The summed E-state index contributed by atoms with van der Waals surface area (Å²) in [7, 11) is 3.05. The van der Waals surface area contributed by atoms with Gasteiger partial charge in [0.2, 0.25) is 0 Å². The quantitative estimate of drug-likeness (QED) is 0.452. The van der Waals surface area contributed by atoms with Crippen LogP contribution in [-0.2, 0) is 11.3 Å². The number of rotatable bonds is 8. The van der Waals surface area contributed by atoms with E-state index in [4.69, 9.17) is 25.8 Å². The number of hydrogen-bond donors (Lipinski definition) is 2. The molecule has 1 aliphatic rings. The number of urea groups is 1. The van der Waals surface area contributed by atoms with Gasteiger partial charge in [-0.2, -0.15) is 0 Å². The van der Waals surface area contributed by atoms with Crippen LogP contribution in [-0.4, -0.2) is 48.8 Å². The highest BCUT2D eigenvalue weighted by atomic mass is 35.5. The number of benzene rings is 1. The molecule has 0 saturated heterocycles. The van der Waals surface area contributed by atoms with Gasteiger partial charge in [-0.15, -0.1) is 0 Å². The maximum atomic E-state index is 13.6. The van der Waals surface area contributed by atoms with E-state index in [1.165, 1.54) is 20.6 Å². The molecule has 9 heteroatoms. The van der Waals surface area contributed by atoms with Crippen molar-refractivity contribution in [2.45, 2.75) is 65.5 Å². The number of halogens is 1. The second-order valence-corrected chi connectivity index (χ2v) is 8.89. The number of carbonyl (C=O) groups excluding carboxylic acids is 2. The summed E-state index contributed by atoms with van der Waals surface area (Å²) in [6.45, 7) is 6.16. The van der Waals surface area contributed by atoms with E-state index in [0.717, 1.165) is 42.6 Å². The number of methoxy groups -OCH3 is 2. The van der Waals surface area contributed by atoms with E-state index in [0.29, 0.717) is 40.9 Å². The van der Waals surface area contributed by atoms with E-state index in [1.54, 1.807) is 19.1 Å². The first-order valence-electron chi connectivity index (χ1n) is 11.6. The molecule has 1 aromatic heterocycles. The lowest BCUT2D eigenvalue weighted by molar-refractivity contribution is 0.0525. The first-order valence-corrected chi connectivity index (χ1v) is 12.0. The van der Waals surface area contributed by atoms with Gasteiger partial charge in [0.1, 0.15) is 11.5 Å². The van der Waals surface area contributed by atoms with Gasteiger partial charge in [-0.1, -0.05) is 30.9 Å². The number of hydrogen-bond acceptors (Lipinski definition) is 5. The summed E-state index contributed by atoms with van der Waals surface area (Å²) < 4.78 is 15.9. The Hall–Kier alpha value is -2.87. The molecule has 1 fully saturated rings. The number of carbonyl (C=O) groups is 2. The summed E-state index contributed by atoms with van der Waals surface area (Å²) in [4.78, 5) is 31.2. The number of esters is 1. The van der Waals surface area contributed by atoms with Gasteiger partial charge in [0.15, 0.2) is 0 Å². The van der Waals surface area contributed by atoms with E-state index < -0.39 is 0 Å². The first-order chi connectivity index (χ1) is 16.3. The minimum Gasteiger partial charge on any atom is -0.495 e. The fraction of sp³-hybridized carbons (Fsp3) is 0.520. The summed E-state index contributed by atoms with van der Waals surface area (Å²) in [6.07, 6.45) is 5.17. The third-order valence-corrected chi connectivity index (χ3v) is 6.64. The Bertz CT molecular complexity index is 1030. The molecule has 3 rings (SSSR count). The molecule has 0 atom stereocenters. The molecule has 1 heterocycles. The van der Waals surface area contributed by atoms with Crippen molar-refractivity contribution < 1.29 is 23.8 Å². The topological polar surface area (TPSA) is 92.9 Å². The number of nitrogens with zero attached hydrogens (tertiary/aromatic N) is 1. The van der Waals surface area contributed by atoms with Gasteiger partial charge in [-0.3, -0.25) is 0 Å². The van der Waals surface area contributed by atoms with Crippen molar-refractivity contribution in [3.63, 3.8) is 0 Å². The zero-order chi connectivity index (χ0) is 24.8. The predicted octanol–water partition coefficient (Wildman–Crippen LogP) is 5.85. The number of aromatic amines is 1. The molecule has 34 heavy (non-hydrogen) atoms. The second kappa shape index (κ2) is 11.5. The van der Waals surface area contributed by atoms with E-state index in [9.17, 15) is 9.59 Å². The molecule has 0 radical (unpaired) electrons. The predicted molar refractivity (Wildman–Crippen MR) is 132 cm³/mol. The average molecular weight is 492 g/mol. The van der Waals surface area contributed by atoms with Crippen LogP contribution >= 0.6 is 11.6 Å². The molecule has 0 spiro atoms. The Kier molecular flexibility index (Phi) is 8.72. The molecule has 0 aliphatic heterocycles. The van der Waals surface area contributed by atoms with Crippen LogP contribution in [0.1, 0.15) is 66.3 Å². The van der Waals surface area contributed by atoms with Crippen LogP contribution in [0.4, 0.5) is 10.5 Å². The van der Waals surface area contributed by atoms with Gasteiger partial charge in [0.25, 0.3) is 0 Å². The highest BCUT2D eigenvalue weighted by Crippen LogP contribution is 2.36. The maximum Gasteiger partial charge on any atom is 0.340 e. The van der Waals surface area contributed by atoms with Crippen molar-refractivity contribution >= 4 is 29.3 Å². The summed E-state index contributed by atoms with van der Waals surface area (Å²) >= 11 is 6.30. The zero-order valence-corrected chi connectivity index (χ0v) is 21.3. The minimum absolute atomic E-state index is 0.0857. The van der Waals surface area contributed by atoms with Crippen molar-refractivity contribution in [3.8, 4) is 11.5 Å². The number of aromatic nitrogens is 1. The summed E-state index contributed by atoms with van der Waals surface area (Å²) in [5, 5.41) is 3.34. The Morgan fingerprint density at radius 1 is 1.12 bits per heavy atom. The zero-order valence-electron chi connectivity index (χ0n) is 20.5. The largest absolute Gasteiger partial charge is 0.495 e. The van der Waals surface area contributed by atoms with Crippen LogP contribution in [0.5, 0.6) is 11.5 Å². The molecule has 2 amide bonds. The first kappa shape index (κ1) is 25.7. The maximum absolute atomic E-state index is 13.6. The molecular formula is C25H34ClN3O5. The normalized spacial score (nSPS) is 13.9. The average Bonchev–Trinajstić information content (AvgIpc) is 3.11. The minimum atomic E-state index is -0.355. The lowest BCUT2D eigenvalue weighted by Crippen LogP contribution is -2.43. The molecule has 0 bridgehead atoms. The van der Waals surface area contributed by atoms with Crippen molar-refractivity contribution in [1.29, 1.82) is 0 Å². The van der Waals surface area contributed by atoms with E-state index in [-0.39, 0.29) is 18.0 Å². The van der Waals surface area contributed by atoms with E-state index >= 15 is 0 Å². The molecule has 186 valence electrons. The Labute approximate surface area is 205 Å². The highest BCUT2D eigenvalue weighted by molar-refractivity contribution is 6.32. The van der Waals surface area contributed by atoms with Crippen LogP contribution in [0.3, 0.4) is 0 Å². The smallest absolute Gasteiger partial charge is 0.340 e. The monoisotopic (exact) mass is 491 g/mol. The molecule has 2 aromatic rings. The number of nitrogens with one attached hydrogen (secondary N) is 2. The van der Waals surface area contributed by atoms with E-state index in [1.807, 2.05) is 18.7 Å². The van der Waals surface area contributed by atoms with Gasteiger partial charge in [0, 0.05) is 23.5 Å². The van der Waals surface area contributed by atoms with Gasteiger partial charge in [-0.05, 0) is 45.2 Å². The third kappa shape index (κ3) is 5.60. The molecule has 1 aromatic carbocycles. The van der Waals surface area contributed by atoms with Crippen LogP contribution in [0.15, 0.2) is 12.1 Å². The number of aryl methyl sites for hydroxylation is 1. The van der Waals surface area contributed by atoms with Crippen LogP contribution in [0.2, 0.25) is 5.02 Å². The van der Waals surface area contributed by atoms with Gasteiger partial charge < -0.3 is 29.4 Å². The SMILES string of the molecule is CCOC(=O)c1c(C)[nH]c(CN(C(=O)Nc2cc(Cl)c(OC)cc2OC)C2CCCCC2)c1C. The lowest BCUT2D eigenvalue weighted by atomic mass is 9.94. The van der Waals surface area contributed by atoms with Crippen molar-refractivity contribution in [1.82, 2.24) is 9.88 Å². The second-order valence-electron chi connectivity index (χ2n) is 8.49. The lowest BCUT2D eigenvalue weighted by Gasteiger charge is -2.34.